The Hall–Kier alpha value is -2.63. The van der Waals surface area contributed by atoms with Gasteiger partial charge in [-0.15, -0.1) is 0 Å². The van der Waals surface area contributed by atoms with Crippen LogP contribution in [0, 0.1) is 0 Å². The summed E-state index contributed by atoms with van der Waals surface area (Å²) in [6.45, 7) is 2.77. The molecule has 0 bridgehead atoms. The van der Waals surface area contributed by atoms with Crippen LogP contribution in [0.2, 0.25) is 0 Å². The Labute approximate surface area is 129 Å². The second-order valence-corrected chi connectivity index (χ2v) is 4.91. The van der Waals surface area contributed by atoms with Gasteiger partial charge in [-0.2, -0.15) is 0 Å². The Kier molecular flexibility index (Phi) is 5.30. The van der Waals surface area contributed by atoms with Crippen LogP contribution in [-0.4, -0.2) is 22.5 Å². The number of unbranched alkanes of at least 4 members (excludes halogenated alkanes) is 2. The van der Waals surface area contributed by atoms with Crippen molar-refractivity contribution in [3.63, 3.8) is 0 Å². The summed E-state index contributed by atoms with van der Waals surface area (Å²) in [4.78, 5) is 19.3. The van der Waals surface area contributed by atoms with Gasteiger partial charge in [-0.25, -0.2) is 9.97 Å². The van der Waals surface area contributed by atoms with Gasteiger partial charge in [0.2, 0.25) is 5.95 Å². The number of rotatable bonds is 7. The molecule has 0 saturated heterocycles. The molecule has 1 heterocycles. The highest BCUT2D eigenvalue weighted by molar-refractivity contribution is 5.92. The number of nitrogens with two attached hydrogens (primary N) is 2. The minimum absolute atomic E-state index is 0.00656. The number of hydrogen-bond acceptors (Lipinski definition) is 5. The topological polar surface area (TPSA) is 104 Å². The van der Waals surface area contributed by atoms with Crippen molar-refractivity contribution < 1.29 is 9.53 Å². The minimum Gasteiger partial charge on any atom is -0.493 e. The van der Waals surface area contributed by atoms with Crippen molar-refractivity contribution in [3.8, 4) is 17.0 Å². The molecule has 0 spiro atoms. The zero-order valence-corrected chi connectivity index (χ0v) is 12.6. The molecular formula is C16H20N4O2. The number of nitrogens with zero attached hydrogens (tertiary/aromatic N) is 2. The second-order valence-electron chi connectivity index (χ2n) is 4.91. The normalized spacial score (nSPS) is 10.4. The fourth-order valence-corrected chi connectivity index (χ4v) is 2.07. The van der Waals surface area contributed by atoms with Crippen LogP contribution in [0.1, 0.15) is 36.7 Å². The van der Waals surface area contributed by atoms with Crippen molar-refractivity contribution in [1.29, 1.82) is 0 Å². The SMILES string of the molecule is CCCCCOc1ccccc1-c1cc(C(N)=O)nc(N)n1. The molecule has 0 atom stereocenters. The van der Waals surface area contributed by atoms with E-state index in [0.29, 0.717) is 18.1 Å². The van der Waals surface area contributed by atoms with Crippen molar-refractivity contribution >= 4 is 11.9 Å². The summed E-state index contributed by atoms with van der Waals surface area (Å²) in [5, 5.41) is 0. The van der Waals surface area contributed by atoms with Gasteiger partial charge in [0.15, 0.2) is 0 Å². The van der Waals surface area contributed by atoms with Crippen molar-refractivity contribution in [2.24, 2.45) is 5.73 Å². The lowest BCUT2D eigenvalue weighted by Gasteiger charge is -2.11. The Balaban J connectivity index is 2.30. The smallest absolute Gasteiger partial charge is 0.267 e. The summed E-state index contributed by atoms with van der Waals surface area (Å²) < 4.78 is 5.82. The van der Waals surface area contributed by atoms with Crippen LogP contribution in [-0.2, 0) is 0 Å². The van der Waals surface area contributed by atoms with Crippen molar-refractivity contribution in [2.45, 2.75) is 26.2 Å². The van der Waals surface area contributed by atoms with Gasteiger partial charge in [0.25, 0.3) is 5.91 Å². The molecule has 22 heavy (non-hydrogen) atoms. The molecule has 1 aromatic carbocycles. The summed E-state index contributed by atoms with van der Waals surface area (Å²) in [5.74, 6) is 0.0657. The van der Waals surface area contributed by atoms with Crippen molar-refractivity contribution in [2.75, 3.05) is 12.3 Å². The van der Waals surface area contributed by atoms with E-state index in [1.54, 1.807) is 0 Å². The first kappa shape index (κ1) is 15.8. The highest BCUT2D eigenvalue weighted by Gasteiger charge is 2.12. The number of ether oxygens (including phenoxy) is 1. The van der Waals surface area contributed by atoms with Crippen molar-refractivity contribution in [3.05, 3.63) is 36.0 Å². The third-order valence-electron chi connectivity index (χ3n) is 3.16. The number of aromatic nitrogens is 2. The molecule has 6 nitrogen and oxygen atoms in total. The van der Waals surface area contributed by atoms with E-state index in [4.69, 9.17) is 16.2 Å². The van der Waals surface area contributed by atoms with Gasteiger partial charge in [0.05, 0.1) is 12.3 Å². The fraction of sp³-hybridized carbons (Fsp3) is 0.312. The van der Waals surface area contributed by atoms with Gasteiger partial charge < -0.3 is 16.2 Å². The molecule has 116 valence electrons. The number of primary amides is 1. The van der Waals surface area contributed by atoms with E-state index in [-0.39, 0.29) is 11.6 Å². The summed E-state index contributed by atoms with van der Waals surface area (Å²) in [7, 11) is 0. The lowest BCUT2D eigenvalue weighted by molar-refractivity contribution is 0.0995. The number of para-hydroxylation sites is 1. The molecule has 0 aliphatic heterocycles. The number of nitrogen functional groups attached to an aromatic ring is 1. The van der Waals surface area contributed by atoms with Crippen LogP contribution < -0.4 is 16.2 Å². The molecule has 1 amide bonds. The number of hydrogen-bond donors (Lipinski definition) is 2. The summed E-state index contributed by atoms with van der Waals surface area (Å²) >= 11 is 0. The lowest BCUT2D eigenvalue weighted by Crippen LogP contribution is -2.15. The highest BCUT2D eigenvalue weighted by atomic mass is 16.5. The van der Waals surface area contributed by atoms with E-state index in [9.17, 15) is 4.79 Å². The molecule has 0 aliphatic carbocycles. The van der Waals surface area contributed by atoms with Crippen LogP contribution in [0.15, 0.2) is 30.3 Å². The maximum atomic E-state index is 11.3. The molecule has 0 fully saturated rings. The highest BCUT2D eigenvalue weighted by Crippen LogP contribution is 2.29. The predicted octanol–water partition coefficient (Wildman–Crippen LogP) is 2.39. The third kappa shape index (κ3) is 3.94. The van der Waals surface area contributed by atoms with Gasteiger partial charge in [0, 0.05) is 5.56 Å². The summed E-state index contributed by atoms with van der Waals surface area (Å²) in [6, 6.07) is 9.01. The molecular weight excluding hydrogens is 280 g/mol. The molecule has 6 heteroatoms. The maximum Gasteiger partial charge on any atom is 0.267 e. The zero-order valence-electron chi connectivity index (χ0n) is 12.6. The quantitative estimate of drug-likeness (QED) is 0.764. The number of benzene rings is 1. The predicted molar refractivity (Wildman–Crippen MR) is 85.4 cm³/mol. The largest absolute Gasteiger partial charge is 0.493 e. The van der Waals surface area contributed by atoms with Crippen molar-refractivity contribution in [1.82, 2.24) is 9.97 Å². The molecule has 4 N–H and O–H groups in total. The van der Waals surface area contributed by atoms with Gasteiger partial charge in [-0.3, -0.25) is 4.79 Å². The molecule has 0 aliphatic rings. The number of carbonyl (C=O) groups is 1. The van der Waals surface area contributed by atoms with Crippen LogP contribution in [0.5, 0.6) is 5.75 Å². The number of anilines is 1. The zero-order chi connectivity index (χ0) is 15.9. The average molecular weight is 300 g/mol. The fourth-order valence-electron chi connectivity index (χ4n) is 2.07. The van der Waals surface area contributed by atoms with Gasteiger partial charge in [-0.1, -0.05) is 31.9 Å². The van der Waals surface area contributed by atoms with E-state index in [1.165, 1.54) is 6.07 Å². The number of amides is 1. The van der Waals surface area contributed by atoms with E-state index in [2.05, 4.69) is 16.9 Å². The first-order valence-corrected chi connectivity index (χ1v) is 7.28. The Bertz CT molecular complexity index is 658. The molecule has 0 radical (unpaired) electrons. The van der Waals surface area contributed by atoms with Crippen LogP contribution >= 0.6 is 0 Å². The van der Waals surface area contributed by atoms with Gasteiger partial charge in [0.1, 0.15) is 11.4 Å². The molecule has 2 aromatic rings. The summed E-state index contributed by atoms with van der Waals surface area (Å²) in [6.07, 6.45) is 3.24. The third-order valence-corrected chi connectivity index (χ3v) is 3.16. The van der Waals surface area contributed by atoms with E-state index < -0.39 is 5.91 Å². The monoisotopic (exact) mass is 300 g/mol. The molecule has 1 aromatic heterocycles. The van der Waals surface area contributed by atoms with E-state index in [1.807, 2.05) is 24.3 Å². The average Bonchev–Trinajstić information content (AvgIpc) is 2.51. The van der Waals surface area contributed by atoms with Crippen LogP contribution in [0.25, 0.3) is 11.3 Å². The lowest BCUT2D eigenvalue weighted by atomic mass is 10.1. The maximum absolute atomic E-state index is 11.3. The Morgan fingerprint density at radius 2 is 2.00 bits per heavy atom. The molecule has 0 saturated carbocycles. The van der Waals surface area contributed by atoms with E-state index in [0.717, 1.165) is 24.8 Å². The standard InChI is InChI=1S/C16H20N4O2/c1-2-3-6-9-22-14-8-5-4-7-11(14)12-10-13(15(17)21)20-16(18)19-12/h4-5,7-8,10H,2-3,6,9H2,1H3,(H2,17,21)(H2,18,19,20). The van der Waals surface area contributed by atoms with Crippen LogP contribution in [0.3, 0.4) is 0 Å². The first-order valence-electron chi connectivity index (χ1n) is 7.28. The Morgan fingerprint density at radius 1 is 1.23 bits per heavy atom. The van der Waals surface area contributed by atoms with Crippen LogP contribution in [0.4, 0.5) is 5.95 Å². The van der Waals surface area contributed by atoms with E-state index >= 15 is 0 Å². The minimum atomic E-state index is -0.642. The number of carbonyl (C=O) groups excluding carboxylic acids is 1. The van der Waals surface area contributed by atoms with Gasteiger partial charge in [-0.05, 0) is 24.6 Å². The second kappa shape index (κ2) is 7.40. The first-order chi connectivity index (χ1) is 10.6. The van der Waals surface area contributed by atoms with Gasteiger partial charge >= 0.3 is 0 Å². The molecule has 2 rings (SSSR count). The Morgan fingerprint density at radius 3 is 2.73 bits per heavy atom. The molecule has 0 unspecified atom stereocenters. The summed E-state index contributed by atoms with van der Waals surface area (Å²) in [5.41, 5.74) is 12.3.